The molecule has 0 saturated heterocycles. The van der Waals surface area contributed by atoms with Crippen molar-refractivity contribution in [3.63, 3.8) is 0 Å². The lowest BCUT2D eigenvalue weighted by atomic mass is 10.2. The second-order valence-corrected chi connectivity index (χ2v) is 8.73. The lowest BCUT2D eigenvalue weighted by Crippen LogP contribution is -2.40. The van der Waals surface area contributed by atoms with Gasteiger partial charge in [-0.15, -0.1) is 0 Å². The highest BCUT2D eigenvalue weighted by Gasteiger charge is 2.29. The third-order valence-corrected chi connectivity index (χ3v) is 6.32. The molecule has 0 N–H and O–H groups in total. The third kappa shape index (κ3) is 4.91. The fourth-order valence-corrected chi connectivity index (χ4v) is 4.30. The predicted octanol–water partition coefficient (Wildman–Crippen LogP) is 1.92. The number of benzene rings is 2. The van der Waals surface area contributed by atoms with Crippen LogP contribution in [-0.4, -0.2) is 65.7 Å². The number of fused-ring (bicyclic) bond motifs is 1. The second-order valence-electron chi connectivity index (χ2n) is 6.87. The first-order valence-electron chi connectivity index (χ1n) is 9.63. The molecule has 0 spiro atoms. The van der Waals surface area contributed by atoms with E-state index in [9.17, 15) is 18.0 Å². The van der Waals surface area contributed by atoms with Crippen LogP contribution in [0.5, 0.6) is 11.5 Å². The van der Waals surface area contributed by atoms with Crippen LogP contribution in [-0.2, 0) is 19.6 Å². The zero-order valence-electron chi connectivity index (χ0n) is 17.5. The second kappa shape index (κ2) is 9.25. The summed E-state index contributed by atoms with van der Waals surface area (Å²) in [7, 11) is -1.04. The Morgan fingerprint density at radius 2 is 1.65 bits per heavy atom. The van der Waals surface area contributed by atoms with Crippen LogP contribution >= 0.6 is 0 Å². The maximum absolute atomic E-state index is 13.5. The SMILES string of the molecule is CCOC(=O)c1ccc(N(CC(=O)N(C)C)S(=O)(=O)c2ccc3c(c2)OCCO3)cc1. The molecule has 1 aliphatic rings. The molecule has 3 rings (SSSR count). The first-order chi connectivity index (χ1) is 14.7. The van der Waals surface area contributed by atoms with Crippen LogP contribution in [0, 0.1) is 0 Å². The third-order valence-electron chi connectivity index (χ3n) is 4.55. The van der Waals surface area contributed by atoms with Gasteiger partial charge in [-0.3, -0.25) is 9.10 Å². The van der Waals surface area contributed by atoms with Gasteiger partial charge in [-0.2, -0.15) is 0 Å². The summed E-state index contributed by atoms with van der Waals surface area (Å²) in [5.74, 6) is -0.140. The molecule has 0 aromatic heterocycles. The van der Waals surface area contributed by atoms with Crippen LogP contribution in [0.25, 0.3) is 0 Å². The normalized spacial score (nSPS) is 12.7. The van der Waals surface area contributed by atoms with Crippen molar-refractivity contribution in [2.75, 3.05) is 44.8 Å². The summed E-state index contributed by atoms with van der Waals surface area (Å²) in [5, 5.41) is 0. The summed E-state index contributed by atoms with van der Waals surface area (Å²) in [6.07, 6.45) is 0. The van der Waals surface area contributed by atoms with Crippen molar-refractivity contribution in [1.29, 1.82) is 0 Å². The van der Waals surface area contributed by atoms with E-state index in [1.54, 1.807) is 21.0 Å². The number of nitrogens with zero attached hydrogens (tertiary/aromatic N) is 2. The summed E-state index contributed by atoms with van der Waals surface area (Å²) < 4.78 is 43.8. The Morgan fingerprint density at radius 1 is 1.00 bits per heavy atom. The van der Waals surface area contributed by atoms with E-state index < -0.39 is 28.4 Å². The number of esters is 1. The van der Waals surface area contributed by atoms with E-state index >= 15 is 0 Å². The minimum absolute atomic E-state index is 0.0437. The number of carbonyl (C=O) groups excluding carboxylic acids is 2. The van der Waals surface area contributed by atoms with E-state index in [0.29, 0.717) is 24.7 Å². The lowest BCUT2D eigenvalue weighted by Gasteiger charge is -2.26. The number of carbonyl (C=O) groups is 2. The van der Waals surface area contributed by atoms with E-state index in [-0.39, 0.29) is 22.8 Å². The lowest BCUT2D eigenvalue weighted by molar-refractivity contribution is -0.127. The molecule has 10 heteroatoms. The van der Waals surface area contributed by atoms with Gasteiger partial charge >= 0.3 is 5.97 Å². The van der Waals surface area contributed by atoms with E-state index in [0.717, 1.165) is 4.31 Å². The maximum Gasteiger partial charge on any atom is 0.338 e. The molecule has 0 fully saturated rings. The van der Waals surface area contributed by atoms with Gasteiger partial charge in [0.1, 0.15) is 19.8 Å². The topological polar surface area (TPSA) is 102 Å². The van der Waals surface area contributed by atoms with Crippen molar-refractivity contribution in [1.82, 2.24) is 4.90 Å². The molecule has 0 saturated carbocycles. The minimum atomic E-state index is -4.13. The minimum Gasteiger partial charge on any atom is -0.486 e. The molecule has 0 atom stereocenters. The van der Waals surface area contributed by atoms with Gasteiger partial charge in [0.2, 0.25) is 5.91 Å². The van der Waals surface area contributed by atoms with Gasteiger partial charge in [-0.25, -0.2) is 13.2 Å². The zero-order valence-corrected chi connectivity index (χ0v) is 18.3. The highest BCUT2D eigenvalue weighted by atomic mass is 32.2. The number of ether oxygens (including phenoxy) is 3. The number of rotatable bonds is 7. The van der Waals surface area contributed by atoms with Gasteiger partial charge in [0, 0.05) is 20.2 Å². The molecule has 1 aliphatic heterocycles. The molecule has 1 heterocycles. The van der Waals surface area contributed by atoms with E-state index in [1.165, 1.54) is 47.4 Å². The monoisotopic (exact) mass is 448 g/mol. The number of hydrogen-bond acceptors (Lipinski definition) is 7. The van der Waals surface area contributed by atoms with Crippen LogP contribution in [0.4, 0.5) is 5.69 Å². The predicted molar refractivity (Wildman–Crippen MR) is 113 cm³/mol. The van der Waals surface area contributed by atoms with Gasteiger partial charge in [-0.05, 0) is 43.3 Å². The Labute approximate surface area is 181 Å². The fraction of sp³-hybridized carbons (Fsp3) is 0.333. The van der Waals surface area contributed by atoms with Crippen molar-refractivity contribution in [3.8, 4) is 11.5 Å². The van der Waals surface area contributed by atoms with E-state index in [1.807, 2.05) is 0 Å². The first-order valence-corrected chi connectivity index (χ1v) is 11.1. The molecule has 0 radical (unpaired) electrons. The van der Waals surface area contributed by atoms with Gasteiger partial charge in [-0.1, -0.05) is 0 Å². The molecule has 1 amide bonds. The van der Waals surface area contributed by atoms with Crippen molar-refractivity contribution in [2.45, 2.75) is 11.8 Å². The van der Waals surface area contributed by atoms with Crippen molar-refractivity contribution in [2.24, 2.45) is 0 Å². The van der Waals surface area contributed by atoms with Crippen LogP contribution < -0.4 is 13.8 Å². The number of sulfonamides is 1. The van der Waals surface area contributed by atoms with Crippen LogP contribution in [0.2, 0.25) is 0 Å². The molecule has 0 unspecified atom stereocenters. The highest BCUT2D eigenvalue weighted by molar-refractivity contribution is 7.92. The number of likely N-dealkylation sites (N-methyl/N-ethyl adjacent to an activating group) is 1. The summed E-state index contributed by atoms with van der Waals surface area (Å²) in [6, 6.07) is 10.2. The number of hydrogen-bond donors (Lipinski definition) is 0. The molecule has 166 valence electrons. The quantitative estimate of drug-likeness (QED) is 0.596. The Kier molecular flexibility index (Phi) is 6.69. The Bertz CT molecular complexity index is 1070. The standard InChI is InChI=1S/C21H24N2O7S/c1-4-28-21(25)15-5-7-16(8-6-15)23(14-20(24)22(2)3)31(26,27)17-9-10-18-19(13-17)30-12-11-29-18/h5-10,13H,4,11-12,14H2,1-3H3. The largest absolute Gasteiger partial charge is 0.486 e. The summed E-state index contributed by atoms with van der Waals surface area (Å²) in [5.41, 5.74) is 0.513. The Balaban J connectivity index is 2.00. The average molecular weight is 448 g/mol. The summed E-state index contributed by atoms with van der Waals surface area (Å²) >= 11 is 0. The first kappa shape index (κ1) is 22.4. The van der Waals surface area contributed by atoms with Gasteiger partial charge in [0.05, 0.1) is 22.8 Å². The number of anilines is 1. The van der Waals surface area contributed by atoms with Crippen LogP contribution in [0.1, 0.15) is 17.3 Å². The summed E-state index contributed by atoms with van der Waals surface area (Å²) in [6.45, 7) is 2.20. The van der Waals surface area contributed by atoms with Gasteiger partial charge in [0.25, 0.3) is 10.0 Å². The molecule has 0 aliphatic carbocycles. The Morgan fingerprint density at radius 3 is 2.26 bits per heavy atom. The van der Waals surface area contributed by atoms with E-state index in [2.05, 4.69) is 0 Å². The van der Waals surface area contributed by atoms with Crippen molar-refractivity contribution in [3.05, 3.63) is 48.0 Å². The summed E-state index contributed by atoms with van der Waals surface area (Å²) in [4.78, 5) is 25.6. The van der Waals surface area contributed by atoms with E-state index in [4.69, 9.17) is 14.2 Å². The van der Waals surface area contributed by atoms with Crippen molar-refractivity contribution >= 4 is 27.6 Å². The zero-order chi connectivity index (χ0) is 22.6. The van der Waals surface area contributed by atoms with Gasteiger partial charge < -0.3 is 19.1 Å². The molecule has 9 nitrogen and oxygen atoms in total. The van der Waals surface area contributed by atoms with Crippen LogP contribution in [0.15, 0.2) is 47.4 Å². The molecule has 2 aromatic carbocycles. The van der Waals surface area contributed by atoms with Crippen molar-refractivity contribution < 1.29 is 32.2 Å². The van der Waals surface area contributed by atoms with Crippen LogP contribution in [0.3, 0.4) is 0 Å². The maximum atomic E-state index is 13.5. The Hall–Kier alpha value is -3.27. The molecule has 0 bridgehead atoms. The molecule has 31 heavy (non-hydrogen) atoms. The molecule has 2 aromatic rings. The van der Waals surface area contributed by atoms with Gasteiger partial charge in [0.15, 0.2) is 11.5 Å². The number of amides is 1. The smallest absolute Gasteiger partial charge is 0.338 e. The fourth-order valence-electron chi connectivity index (χ4n) is 2.87. The molecular formula is C21H24N2O7S. The average Bonchev–Trinajstić information content (AvgIpc) is 2.77. The highest BCUT2D eigenvalue weighted by Crippen LogP contribution is 2.34. The molecular weight excluding hydrogens is 424 g/mol.